The highest BCUT2D eigenvalue weighted by Gasteiger charge is 2.27. The number of methoxy groups -OCH3 is 1. The lowest BCUT2D eigenvalue weighted by molar-refractivity contribution is -0.148. The molecule has 0 aromatic rings. The summed E-state index contributed by atoms with van der Waals surface area (Å²) in [6, 6.07) is 0. The van der Waals surface area contributed by atoms with Crippen LogP contribution in [0.3, 0.4) is 0 Å². The Balaban J connectivity index is 2.44. The van der Waals surface area contributed by atoms with Crippen LogP contribution in [0.5, 0.6) is 0 Å². The standard InChI is InChI=1S/C11H15NO3/c1-3-4-10(13)12-7-5-9(6-8-12)11(14)15-2/h9H,5-8H2,1-2H3. The highest BCUT2D eigenvalue weighted by Crippen LogP contribution is 2.18. The SMILES string of the molecule is CC#CC(=O)N1CCC(C(=O)OC)CC1. The van der Waals surface area contributed by atoms with Crippen molar-refractivity contribution in [3.63, 3.8) is 0 Å². The Bertz CT molecular complexity index is 306. The third-order valence-corrected chi connectivity index (χ3v) is 2.55. The maximum absolute atomic E-state index is 11.4. The first kappa shape index (κ1) is 11.6. The Morgan fingerprint density at radius 2 is 1.93 bits per heavy atom. The van der Waals surface area contributed by atoms with Gasteiger partial charge in [0.2, 0.25) is 0 Å². The molecule has 0 saturated carbocycles. The molecule has 1 saturated heterocycles. The largest absolute Gasteiger partial charge is 0.469 e. The van der Waals surface area contributed by atoms with Gasteiger partial charge in [0.1, 0.15) is 0 Å². The van der Waals surface area contributed by atoms with E-state index in [0.29, 0.717) is 25.9 Å². The van der Waals surface area contributed by atoms with Crippen LogP contribution in [-0.4, -0.2) is 37.0 Å². The third kappa shape index (κ3) is 2.98. The van der Waals surface area contributed by atoms with Crippen molar-refractivity contribution in [2.75, 3.05) is 20.2 Å². The van der Waals surface area contributed by atoms with Gasteiger partial charge in [-0.1, -0.05) is 5.92 Å². The first-order valence-corrected chi connectivity index (χ1v) is 4.98. The second kappa shape index (κ2) is 5.40. The molecular formula is C11H15NO3. The number of esters is 1. The molecule has 0 bridgehead atoms. The van der Waals surface area contributed by atoms with E-state index in [2.05, 4.69) is 16.6 Å². The summed E-state index contributed by atoms with van der Waals surface area (Å²) in [4.78, 5) is 24.3. The number of hydrogen-bond donors (Lipinski definition) is 0. The number of carbonyl (C=O) groups excluding carboxylic acids is 2. The maximum Gasteiger partial charge on any atom is 0.308 e. The summed E-state index contributed by atoms with van der Waals surface area (Å²) in [6.07, 6.45) is 1.34. The van der Waals surface area contributed by atoms with Gasteiger partial charge in [0.15, 0.2) is 0 Å². The van der Waals surface area contributed by atoms with Crippen LogP contribution >= 0.6 is 0 Å². The van der Waals surface area contributed by atoms with E-state index in [-0.39, 0.29) is 17.8 Å². The molecule has 1 rings (SSSR count). The number of likely N-dealkylation sites (tertiary alicyclic amines) is 1. The zero-order chi connectivity index (χ0) is 11.3. The lowest BCUT2D eigenvalue weighted by Gasteiger charge is -2.29. The number of hydrogen-bond acceptors (Lipinski definition) is 3. The molecule has 0 N–H and O–H groups in total. The number of amides is 1. The number of rotatable bonds is 1. The van der Waals surface area contributed by atoms with Gasteiger partial charge in [-0.05, 0) is 25.7 Å². The summed E-state index contributed by atoms with van der Waals surface area (Å²) in [5, 5.41) is 0. The number of nitrogens with zero attached hydrogens (tertiary/aromatic N) is 1. The quantitative estimate of drug-likeness (QED) is 0.464. The van der Waals surface area contributed by atoms with Gasteiger partial charge in [-0.3, -0.25) is 9.59 Å². The van der Waals surface area contributed by atoms with Crippen LogP contribution in [-0.2, 0) is 14.3 Å². The van der Waals surface area contributed by atoms with Crippen LogP contribution in [0.15, 0.2) is 0 Å². The van der Waals surface area contributed by atoms with E-state index < -0.39 is 0 Å². The normalized spacial score (nSPS) is 16.5. The Labute approximate surface area is 89.6 Å². The molecule has 4 heteroatoms. The molecule has 1 amide bonds. The first-order valence-electron chi connectivity index (χ1n) is 4.98. The molecule has 1 aliphatic rings. The zero-order valence-corrected chi connectivity index (χ0v) is 9.08. The lowest BCUT2D eigenvalue weighted by atomic mass is 9.97. The van der Waals surface area contributed by atoms with Crippen molar-refractivity contribution in [1.29, 1.82) is 0 Å². The molecule has 0 unspecified atom stereocenters. The fraction of sp³-hybridized carbons (Fsp3) is 0.636. The van der Waals surface area contributed by atoms with Gasteiger partial charge in [0, 0.05) is 13.1 Å². The van der Waals surface area contributed by atoms with Crippen molar-refractivity contribution < 1.29 is 14.3 Å². The monoisotopic (exact) mass is 209 g/mol. The van der Waals surface area contributed by atoms with Crippen molar-refractivity contribution in [3.05, 3.63) is 0 Å². The third-order valence-electron chi connectivity index (χ3n) is 2.55. The predicted octanol–water partition coefficient (Wildman–Crippen LogP) is 0.421. The zero-order valence-electron chi connectivity index (χ0n) is 9.08. The molecule has 0 radical (unpaired) electrons. The number of carbonyl (C=O) groups is 2. The van der Waals surface area contributed by atoms with Gasteiger partial charge in [-0.15, -0.1) is 0 Å². The van der Waals surface area contributed by atoms with E-state index in [1.807, 2.05) is 0 Å². The van der Waals surface area contributed by atoms with Crippen molar-refractivity contribution in [2.45, 2.75) is 19.8 Å². The summed E-state index contributed by atoms with van der Waals surface area (Å²) in [5.41, 5.74) is 0. The van der Waals surface area contributed by atoms with E-state index in [1.54, 1.807) is 11.8 Å². The van der Waals surface area contributed by atoms with Gasteiger partial charge >= 0.3 is 5.97 Å². The van der Waals surface area contributed by atoms with Gasteiger partial charge in [-0.25, -0.2) is 0 Å². The Morgan fingerprint density at radius 1 is 1.33 bits per heavy atom. The molecule has 0 atom stereocenters. The molecule has 0 aromatic heterocycles. The highest BCUT2D eigenvalue weighted by atomic mass is 16.5. The maximum atomic E-state index is 11.4. The molecule has 1 heterocycles. The molecule has 82 valence electrons. The first-order chi connectivity index (χ1) is 7.19. The second-order valence-corrected chi connectivity index (χ2v) is 3.46. The van der Waals surface area contributed by atoms with E-state index in [4.69, 9.17) is 0 Å². The topological polar surface area (TPSA) is 46.6 Å². The summed E-state index contributed by atoms with van der Waals surface area (Å²) < 4.78 is 4.66. The predicted molar refractivity (Wildman–Crippen MR) is 54.8 cm³/mol. The molecule has 0 aliphatic carbocycles. The minimum atomic E-state index is -0.177. The summed E-state index contributed by atoms with van der Waals surface area (Å²) in [7, 11) is 1.39. The molecule has 1 fully saturated rings. The Kier molecular flexibility index (Phi) is 4.17. The molecule has 15 heavy (non-hydrogen) atoms. The fourth-order valence-corrected chi connectivity index (χ4v) is 1.67. The molecule has 1 aliphatic heterocycles. The number of ether oxygens (including phenoxy) is 1. The highest BCUT2D eigenvalue weighted by molar-refractivity contribution is 5.93. The second-order valence-electron chi connectivity index (χ2n) is 3.46. The van der Waals surface area contributed by atoms with Crippen LogP contribution in [0.2, 0.25) is 0 Å². The van der Waals surface area contributed by atoms with Crippen molar-refractivity contribution in [2.24, 2.45) is 5.92 Å². The van der Waals surface area contributed by atoms with Crippen LogP contribution < -0.4 is 0 Å². The average molecular weight is 209 g/mol. The summed E-state index contributed by atoms with van der Waals surface area (Å²) in [5.74, 6) is 4.68. The van der Waals surface area contributed by atoms with E-state index in [1.165, 1.54) is 7.11 Å². The fourth-order valence-electron chi connectivity index (χ4n) is 1.67. The van der Waals surface area contributed by atoms with E-state index in [0.717, 1.165) is 0 Å². The average Bonchev–Trinajstić information content (AvgIpc) is 2.28. The van der Waals surface area contributed by atoms with Crippen LogP contribution in [0.1, 0.15) is 19.8 Å². The summed E-state index contributed by atoms with van der Waals surface area (Å²) in [6.45, 7) is 2.82. The molecule has 4 nitrogen and oxygen atoms in total. The number of piperidine rings is 1. The van der Waals surface area contributed by atoms with Gasteiger partial charge in [0.25, 0.3) is 5.91 Å². The molecular weight excluding hydrogens is 194 g/mol. The van der Waals surface area contributed by atoms with E-state index in [9.17, 15) is 9.59 Å². The van der Waals surface area contributed by atoms with Gasteiger partial charge in [0.05, 0.1) is 13.0 Å². The Hall–Kier alpha value is -1.50. The molecule has 0 aromatic carbocycles. The van der Waals surface area contributed by atoms with Gasteiger partial charge in [-0.2, -0.15) is 0 Å². The van der Waals surface area contributed by atoms with Gasteiger partial charge < -0.3 is 9.64 Å². The van der Waals surface area contributed by atoms with Crippen LogP contribution in [0, 0.1) is 17.8 Å². The van der Waals surface area contributed by atoms with Crippen molar-refractivity contribution in [1.82, 2.24) is 4.90 Å². The van der Waals surface area contributed by atoms with Crippen molar-refractivity contribution in [3.8, 4) is 11.8 Å². The minimum absolute atomic E-state index is 0.0614. The minimum Gasteiger partial charge on any atom is -0.469 e. The van der Waals surface area contributed by atoms with Crippen molar-refractivity contribution >= 4 is 11.9 Å². The summed E-state index contributed by atoms with van der Waals surface area (Å²) >= 11 is 0. The Morgan fingerprint density at radius 3 is 2.40 bits per heavy atom. The lowest BCUT2D eigenvalue weighted by Crippen LogP contribution is -2.39. The smallest absolute Gasteiger partial charge is 0.308 e. The van der Waals surface area contributed by atoms with E-state index >= 15 is 0 Å². The van der Waals surface area contributed by atoms with Crippen LogP contribution in [0.4, 0.5) is 0 Å². The van der Waals surface area contributed by atoms with Crippen LogP contribution in [0.25, 0.3) is 0 Å². The molecule has 0 spiro atoms.